The van der Waals surface area contributed by atoms with E-state index in [2.05, 4.69) is 25.3 Å². The minimum Gasteiger partial charge on any atom is -0.391 e. The molecule has 174 valence electrons. The molecule has 0 radical (unpaired) electrons. The first-order chi connectivity index (χ1) is 12.1. The number of carbonyl (C=O) groups excluding carboxylic acids is 2. The lowest BCUT2D eigenvalue weighted by molar-refractivity contribution is -0.169. The molecule has 3 fully saturated rings. The summed E-state index contributed by atoms with van der Waals surface area (Å²) in [6, 6.07) is 0.658. The summed E-state index contributed by atoms with van der Waals surface area (Å²) < 4.78 is 4.96. The van der Waals surface area contributed by atoms with Crippen LogP contribution in [0, 0.1) is 0 Å². The van der Waals surface area contributed by atoms with Crippen molar-refractivity contribution in [2.45, 2.75) is 32.0 Å². The van der Waals surface area contributed by atoms with Gasteiger partial charge in [0.2, 0.25) is 0 Å². The van der Waals surface area contributed by atoms with Crippen molar-refractivity contribution in [3.8, 4) is 0 Å². The van der Waals surface area contributed by atoms with Crippen LogP contribution in [0.4, 0.5) is 0 Å². The number of rotatable bonds is 4. The third kappa shape index (κ3) is 9.01. The maximum absolute atomic E-state index is 12.6. The van der Waals surface area contributed by atoms with Crippen LogP contribution in [0.1, 0.15) is 19.8 Å². The molecule has 3 heterocycles. The smallest absolute Gasteiger partial charge is 0.346 e. The summed E-state index contributed by atoms with van der Waals surface area (Å²) in [7, 11) is 0. The second kappa shape index (κ2) is 15.8. The normalized spacial score (nSPS) is 22.7. The Kier molecular flexibility index (Phi) is 17.1. The molecule has 0 amide bonds. The fourth-order valence-electron chi connectivity index (χ4n) is 4.17. The molecule has 0 aliphatic carbocycles. The number of ether oxygens (including phenoxy) is 1. The zero-order valence-electron chi connectivity index (χ0n) is 16.8. The summed E-state index contributed by atoms with van der Waals surface area (Å²) in [5, 5.41) is 6.72. The van der Waals surface area contributed by atoms with Gasteiger partial charge in [-0.1, -0.05) is 0 Å². The Morgan fingerprint density at radius 2 is 1.28 bits per heavy atom. The van der Waals surface area contributed by atoms with Crippen molar-refractivity contribution in [2.75, 3.05) is 65.4 Å². The van der Waals surface area contributed by atoms with Crippen LogP contribution in [0.3, 0.4) is 0 Å². The van der Waals surface area contributed by atoms with Gasteiger partial charge in [-0.25, -0.2) is 4.79 Å². The van der Waals surface area contributed by atoms with Crippen LogP contribution < -0.4 is 10.6 Å². The fraction of sp³-hybridized carbons (Fsp3) is 0.882. The Morgan fingerprint density at radius 3 is 1.79 bits per heavy atom. The van der Waals surface area contributed by atoms with Crippen LogP contribution in [0.25, 0.3) is 0 Å². The summed E-state index contributed by atoms with van der Waals surface area (Å²) in [5.41, 5.74) is 0. The largest absolute Gasteiger partial charge is 0.391 e. The lowest BCUT2D eigenvalue weighted by atomic mass is 10.0. The zero-order valence-corrected chi connectivity index (χ0v) is 20.1. The minimum absolute atomic E-state index is 0. The Hall–Kier alpha value is 0.1000. The summed E-state index contributed by atoms with van der Waals surface area (Å²) in [6.07, 6.45) is 1.96. The topological polar surface area (TPSA) is 77.2 Å². The molecule has 0 bridgehead atoms. The molecule has 3 aliphatic rings. The van der Waals surface area contributed by atoms with E-state index in [1.165, 1.54) is 19.8 Å². The molecule has 1 unspecified atom stereocenters. The van der Waals surface area contributed by atoms with E-state index in [0.29, 0.717) is 6.04 Å². The van der Waals surface area contributed by atoms with E-state index in [9.17, 15) is 9.59 Å². The van der Waals surface area contributed by atoms with E-state index < -0.39 is 18.1 Å². The second-order valence-corrected chi connectivity index (χ2v) is 7.13. The molecular formula is C17H35Cl4N5O3. The molecule has 8 nitrogen and oxygen atoms in total. The van der Waals surface area contributed by atoms with E-state index in [4.69, 9.17) is 4.74 Å². The van der Waals surface area contributed by atoms with Gasteiger partial charge in [0.05, 0.1) is 0 Å². The number of halogens is 4. The molecule has 0 aromatic carbocycles. The molecular weight excluding hydrogens is 464 g/mol. The predicted octanol–water partition coefficient (Wildman–Crippen LogP) is 0.364. The third-order valence-electron chi connectivity index (χ3n) is 5.47. The van der Waals surface area contributed by atoms with E-state index >= 15 is 0 Å². The van der Waals surface area contributed by atoms with E-state index in [1.54, 1.807) is 0 Å². The summed E-state index contributed by atoms with van der Waals surface area (Å²) in [4.78, 5) is 30.7. The molecule has 0 saturated carbocycles. The number of hydrogen-bond donors (Lipinski definition) is 2. The van der Waals surface area contributed by atoms with Gasteiger partial charge in [-0.2, -0.15) is 0 Å². The Labute approximate surface area is 198 Å². The molecule has 3 aliphatic heterocycles. The van der Waals surface area contributed by atoms with Crippen molar-refractivity contribution < 1.29 is 14.3 Å². The van der Waals surface area contributed by atoms with Crippen LogP contribution in [-0.4, -0.2) is 104 Å². The first-order valence-electron chi connectivity index (χ1n) is 9.51. The monoisotopic (exact) mass is 497 g/mol. The van der Waals surface area contributed by atoms with Gasteiger partial charge >= 0.3 is 11.9 Å². The number of carbonyl (C=O) groups is 2. The van der Waals surface area contributed by atoms with Gasteiger partial charge < -0.3 is 15.4 Å². The summed E-state index contributed by atoms with van der Waals surface area (Å²) in [6.45, 7) is 10.4. The number of nitrogens with zero attached hydrogens (tertiary/aromatic N) is 3. The number of piperazine rings is 2. The molecule has 2 N–H and O–H groups in total. The third-order valence-corrected chi connectivity index (χ3v) is 5.47. The van der Waals surface area contributed by atoms with Crippen molar-refractivity contribution in [3.05, 3.63) is 0 Å². The number of nitrogens with one attached hydrogen (secondary N) is 2. The molecule has 29 heavy (non-hydrogen) atoms. The zero-order chi connectivity index (χ0) is 17.6. The average Bonchev–Trinajstić information content (AvgIpc) is 2.63. The van der Waals surface area contributed by atoms with E-state index in [1.807, 2.05) is 0 Å². The van der Waals surface area contributed by atoms with Crippen molar-refractivity contribution in [1.82, 2.24) is 25.3 Å². The van der Waals surface area contributed by atoms with Crippen LogP contribution >= 0.6 is 49.6 Å². The molecule has 0 aromatic rings. The van der Waals surface area contributed by atoms with Gasteiger partial charge in [-0.15, -0.1) is 49.6 Å². The van der Waals surface area contributed by atoms with Crippen molar-refractivity contribution in [3.63, 3.8) is 0 Å². The standard InChI is InChI=1S/C17H31N5O3.4ClH/c1-14(23)25-17(24)16(21-8-6-19-7-9-21)22-12-10-20(11-13-22)15-2-4-18-5-3-15;;;;/h15-16,18-19H,2-13H2,1H3;4*1H. The molecule has 12 heteroatoms. The van der Waals surface area contributed by atoms with Gasteiger partial charge in [0.15, 0.2) is 6.17 Å². The summed E-state index contributed by atoms with van der Waals surface area (Å²) in [5.74, 6) is -0.955. The van der Waals surface area contributed by atoms with Gasteiger partial charge in [0.1, 0.15) is 0 Å². The first-order valence-corrected chi connectivity index (χ1v) is 9.51. The lowest BCUT2D eigenvalue weighted by Crippen LogP contribution is -2.63. The molecule has 0 aromatic heterocycles. The average molecular weight is 499 g/mol. The summed E-state index contributed by atoms with van der Waals surface area (Å²) >= 11 is 0. The van der Waals surface area contributed by atoms with Crippen molar-refractivity contribution in [1.29, 1.82) is 0 Å². The van der Waals surface area contributed by atoms with E-state index in [-0.39, 0.29) is 49.6 Å². The Balaban J connectivity index is 0. The molecule has 0 spiro atoms. The number of esters is 2. The maximum atomic E-state index is 12.6. The van der Waals surface area contributed by atoms with Crippen LogP contribution in [0.5, 0.6) is 0 Å². The highest BCUT2D eigenvalue weighted by Gasteiger charge is 2.37. The highest BCUT2D eigenvalue weighted by atomic mass is 35.5. The quantitative estimate of drug-likeness (QED) is 0.425. The Morgan fingerprint density at radius 1 is 0.793 bits per heavy atom. The highest BCUT2D eigenvalue weighted by molar-refractivity contribution is 5.87. The van der Waals surface area contributed by atoms with Crippen LogP contribution in [0.2, 0.25) is 0 Å². The van der Waals surface area contributed by atoms with Crippen LogP contribution in [0.15, 0.2) is 0 Å². The van der Waals surface area contributed by atoms with Gasteiger partial charge in [-0.05, 0) is 25.9 Å². The molecule has 3 rings (SSSR count). The number of piperidine rings is 1. The van der Waals surface area contributed by atoms with E-state index in [0.717, 1.165) is 65.4 Å². The lowest BCUT2D eigenvalue weighted by Gasteiger charge is -2.45. The van der Waals surface area contributed by atoms with Crippen LogP contribution in [-0.2, 0) is 14.3 Å². The van der Waals surface area contributed by atoms with Crippen molar-refractivity contribution >= 4 is 61.6 Å². The van der Waals surface area contributed by atoms with Gasteiger partial charge in [-0.3, -0.25) is 19.5 Å². The van der Waals surface area contributed by atoms with Gasteiger partial charge in [0.25, 0.3) is 0 Å². The second-order valence-electron chi connectivity index (χ2n) is 7.13. The fourth-order valence-corrected chi connectivity index (χ4v) is 4.17. The Bertz CT molecular complexity index is 472. The number of hydrogen-bond acceptors (Lipinski definition) is 8. The maximum Gasteiger partial charge on any atom is 0.346 e. The minimum atomic E-state index is -0.529. The SMILES string of the molecule is CC(=O)OC(=O)C(N1CCNCC1)N1CCN(C2CCNCC2)CC1.Cl.Cl.Cl.Cl. The van der Waals surface area contributed by atoms with Crippen molar-refractivity contribution in [2.24, 2.45) is 0 Å². The molecule has 3 saturated heterocycles. The molecule has 1 atom stereocenters. The predicted molar refractivity (Wildman–Crippen MR) is 123 cm³/mol. The first kappa shape index (κ1) is 31.3. The van der Waals surface area contributed by atoms with Gasteiger partial charge in [0, 0.05) is 65.3 Å². The highest BCUT2D eigenvalue weighted by Crippen LogP contribution is 2.18.